The third-order valence-electron chi connectivity index (χ3n) is 3.21. The van der Waals surface area contributed by atoms with Gasteiger partial charge in [0, 0.05) is 61.2 Å². The Balaban J connectivity index is 0. The highest BCUT2D eigenvalue weighted by atomic mass is 79.9. The second-order valence-corrected chi connectivity index (χ2v) is 9.53. The van der Waals surface area contributed by atoms with E-state index >= 15 is 0 Å². The molecular weight excluding hydrogens is 570 g/mol. The van der Waals surface area contributed by atoms with Crippen LogP contribution >= 0.6 is 85.0 Å². The van der Waals surface area contributed by atoms with Gasteiger partial charge in [0.15, 0.2) is 0 Å². The van der Waals surface area contributed by atoms with Crippen LogP contribution in [0.1, 0.15) is 0 Å². The first kappa shape index (κ1) is 32.3. The van der Waals surface area contributed by atoms with Crippen molar-refractivity contribution in [3.05, 3.63) is 0 Å². The average molecular weight is 599 g/mol. The molecule has 0 fully saturated rings. The first-order chi connectivity index (χ1) is 13.4. The maximum atomic E-state index is 12.1. The van der Waals surface area contributed by atoms with E-state index in [9.17, 15) is 9.59 Å². The molecule has 0 aromatic carbocycles. The Kier molecular flexibility index (Phi) is 23.4. The zero-order valence-electron chi connectivity index (χ0n) is 15.8. The Morgan fingerprint density at radius 2 is 1.00 bits per heavy atom. The minimum Gasteiger partial charge on any atom is -0.319 e. The van der Waals surface area contributed by atoms with Crippen LogP contribution in [0.15, 0.2) is 0 Å². The van der Waals surface area contributed by atoms with Gasteiger partial charge in [0.25, 0.3) is 11.8 Å². The molecule has 15 heteroatoms. The normalized spacial score (nSPS) is 13.1. The van der Waals surface area contributed by atoms with Crippen LogP contribution < -0.4 is 22.3 Å². The zero-order valence-corrected chi connectivity index (χ0v) is 22.2. The summed E-state index contributed by atoms with van der Waals surface area (Å²) in [5, 5.41) is 3.27. The number of nitrogens with one attached hydrogen (secondary N) is 2. The molecule has 0 aromatic heterocycles. The molecule has 0 radical (unpaired) electrons. The number of carbonyl (C=O) groups is 2. The van der Waals surface area contributed by atoms with Crippen LogP contribution in [-0.2, 0) is 9.59 Å². The molecule has 0 rings (SSSR count). The molecule has 8 nitrogen and oxygen atoms in total. The number of hydrogen-bond acceptors (Lipinski definition) is 8. The lowest BCUT2D eigenvalue weighted by Crippen LogP contribution is -2.52. The number of halogens is 5. The van der Waals surface area contributed by atoms with E-state index in [2.05, 4.69) is 10.9 Å². The van der Waals surface area contributed by atoms with E-state index in [0.29, 0.717) is 61.2 Å². The SMILES string of the molecule is Br.NC(CSSCC(N)C(=O)NN(CCCl)CCCl)C(=O)NN(CCCl)CCCl. The smallest absolute Gasteiger partial charge is 0.252 e. The molecule has 2 unspecified atom stereocenters. The summed E-state index contributed by atoms with van der Waals surface area (Å²) in [5.74, 6) is 1.56. The van der Waals surface area contributed by atoms with Crippen LogP contribution in [0.3, 0.4) is 0 Å². The summed E-state index contributed by atoms with van der Waals surface area (Å²) >= 11 is 22.7. The molecule has 2 amide bonds. The van der Waals surface area contributed by atoms with Gasteiger partial charge in [-0.1, -0.05) is 21.6 Å². The Morgan fingerprint density at radius 3 is 1.24 bits per heavy atom. The number of hydrazine groups is 2. The number of alkyl halides is 4. The summed E-state index contributed by atoms with van der Waals surface area (Å²) < 4.78 is 0. The van der Waals surface area contributed by atoms with Crippen molar-refractivity contribution in [3.63, 3.8) is 0 Å². The molecule has 0 aromatic rings. The fraction of sp³-hybridized carbons (Fsp3) is 0.857. The van der Waals surface area contributed by atoms with Crippen molar-refractivity contribution in [2.45, 2.75) is 12.1 Å². The van der Waals surface area contributed by atoms with Crippen LogP contribution in [0, 0.1) is 0 Å². The Morgan fingerprint density at radius 1 is 0.724 bits per heavy atom. The number of rotatable bonds is 17. The molecule has 0 heterocycles. The molecule has 29 heavy (non-hydrogen) atoms. The number of amides is 2. The largest absolute Gasteiger partial charge is 0.319 e. The Bertz CT molecular complexity index is 401. The van der Waals surface area contributed by atoms with E-state index in [4.69, 9.17) is 57.9 Å². The maximum absolute atomic E-state index is 12.1. The summed E-state index contributed by atoms with van der Waals surface area (Å²) in [7, 11) is 2.75. The van der Waals surface area contributed by atoms with Gasteiger partial charge < -0.3 is 11.5 Å². The quantitative estimate of drug-likeness (QED) is 0.0855. The fourth-order valence-corrected chi connectivity index (χ4v) is 4.79. The van der Waals surface area contributed by atoms with Crippen LogP contribution in [0.4, 0.5) is 0 Å². The second kappa shape index (κ2) is 21.0. The highest BCUT2D eigenvalue weighted by molar-refractivity contribution is 8.93. The lowest BCUT2D eigenvalue weighted by atomic mass is 10.3. The van der Waals surface area contributed by atoms with E-state index in [1.54, 1.807) is 10.0 Å². The van der Waals surface area contributed by atoms with E-state index in [1.165, 1.54) is 21.6 Å². The lowest BCUT2D eigenvalue weighted by molar-refractivity contribution is -0.127. The average Bonchev–Trinajstić information content (AvgIpc) is 2.65. The molecule has 0 saturated heterocycles. The van der Waals surface area contributed by atoms with E-state index in [1.807, 2.05) is 0 Å². The highest BCUT2D eigenvalue weighted by Crippen LogP contribution is 2.22. The minimum atomic E-state index is -0.710. The molecule has 2 atom stereocenters. The van der Waals surface area contributed by atoms with Gasteiger partial charge in [0.1, 0.15) is 0 Å². The van der Waals surface area contributed by atoms with Crippen LogP contribution in [-0.4, -0.2) is 95.1 Å². The minimum absolute atomic E-state index is 0. The topological polar surface area (TPSA) is 117 Å². The highest BCUT2D eigenvalue weighted by Gasteiger charge is 2.19. The number of hydrogen-bond donors (Lipinski definition) is 4. The molecule has 6 N–H and O–H groups in total. The van der Waals surface area contributed by atoms with Crippen molar-refractivity contribution in [1.29, 1.82) is 0 Å². The van der Waals surface area contributed by atoms with Gasteiger partial charge in [-0.2, -0.15) is 0 Å². The van der Waals surface area contributed by atoms with Gasteiger partial charge in [-0.05, 0) is 0 Å². The van der Waals surface area contributed by atoms with Crippen molar-refractivity contribution < 1.29 is 9.59 Å². The third kappa shape index (κ3) is 16.4. The first-order valence-corrected chi connectivity index (χ1v) is 13.1. The van der Waals surface area contributed by atoms with Gasteiger partial charge in [-0.15, -0.1) is 63.4 Å². The van der Waals surface area contributed by atoms with Gasteiger partial charge >= 0.3 is 0 Å². The van der Waals surface area contributed by atoms with Crippen LogP contribution in [0.25, 0.3) is 0 Å². The first-order valence-electron chi connectivity index (χ1n) is 8.49. The van der Waals surface area contributed by atoms with Gasteiger partial charge in [-0.25, -0.2) is 10.0 Å². The molecule has 0 bridgehead atoms. The number of nitrogens with two attached hydrogens (primary N) is 2. The summed E-state index contributed by atoms with van der Waals surface area (Å²) in [6, 6.07) is -1.42. The molecular formula is C14H29BrCl4N6O2S2. The molecule has 174 valence electrons. The monoisotopic (exact) mass is 596 g/mol. The molecule has 0 saturated carbocycles. The standard InChI is InChI=1S/C14H28Cl4N6O2S2.BrH/c15-1-5-23(6-2-16)21-13(25)11(19)9-27-28-10-12(20)14(26)22-24(7-3-17)8-4-18;/h11-12H,1-10,19-20H2,(H,21,25)(H,22,26);1H. The maximum Gasteiger partial charge on any atom is 0.252 e. The molecule has 0 spiro atoms. The van der Waals surface area contributed by atoms with Crippen LogP contribution in [0.2, 0.25) is 0 Å². The van der Waals surface area contributed by atoms with Gasteiger partial charge in [0.2, 0.25) is 0 Å². The van der Waals surface area contributed by atoms with E-state index in [0.717, 1.165) is 0 Å². The molecule has 0 aliphatic heterocycles. The Hall–Kier alpha value is 1.12. The van der Waals surface area contributed by atoms with E-state index < -0.39 is 12.1 Å². The summed E-state index contributed by atoms with van der Waals surface area (Å²) in [6.45, 7) is 1.90. The predicted molar refractivity (Wildman–Crippen MR) is 134 cm³/mol. The Labute approximate surface area is 210 Å². The van der Waals surface area contributed by atoms with E-state index in [-0.39, 0.29) is 28.8 Å². The van der Waals surface area contributed by atoms with Crippen LogP contribution in [0.5, 0.6) is 0 Å². The van der Waals surface area contributed by atoms with Crippen molar-refractivity contribution >= 4 is 96.8 Å². The molecule has 0 aliphatic carbocycles. The predicted octanol–water partition coefficient (Wildman–Crippen LogP) is 1.22. The summed E-state index contributed by atoms with van der Waals surface area (Å²) in [5.41, 5.74) is 17.2. The van der Waals surface area contributed by atoms with Crippen molar-refractivity contribution in [1.82, 2.24) is 20.9 Å². The second-order valence-electron chi connectivity index (χ2n) is 5.46. The zero-order chi connectivity index (χ0) is 21.4. The summed E-state index contributed by atoms with van der Waals surface area (Å²) in [4.78, 5) is 24.2. The number of carbonyl (C=O) groups excluding carboxylic acids is 2. The fourth-order valence-electron chi connectivity index (χ4n) is 1.73. The molecule has 0 aliphatic rings. The van der Waals surface area contributed by atoms with Gasteiger partial charge in [-0.3, -0.25) is 20.4 Å². The summed E-state index contributed by atoms with van der Waals surface area (Å²) in [6.07, 6.45) is 0. The third-order valence-corrected chi connectivity index (χ3v) is 6.36. The number of nitrogens with zero attached hydrogens (tertiary/aromatic N) is 2. The van der Waals surface area contributed by atoms with Crippen molar-refractivity contribution in [2.24, 2.45) is 11.5 Å². The lowest BCUT2D eigenvalue weighted by Gasteiger charge is -2.23. The van der Waals surface area contributed by atoms with Crippen molar-refractivity contribution in [2.75, 3.05) is 61.2 Å². The van der Waals surface area contributed by atoms with Gasteiger partial charge in [0.05, 0.1) is 12.1 Å². The van der Waals surface area contributed by atoms with Crippen molar-refractivity contribution in [3.8, 4) is 0 Å².